The molecule has 92 valence electrons. The lowest BCUT2D eigenvalue weighted by molar-refractivity contribution is 0.0693. The Morgan fingerprint density at radius 1 is 1.17 bits per heavy atom. The number of carboxylic acid groups (broad SMARTS) is 1. The molecule has 5 heteroatoms. The van der Waals surface area contributed by atoms with Crippen LogP contribution in [0.2, 0.25) is 5.02 Å². The highest BCUT2D eigenvalue weighted by Gasteiger charge is 2.12. The van der Waals surface area contributed by atoms with Crippen LogP contribution in [0.3, 0.4) is 0 Å². The number of carboxylic acids is 1. The molecule has 0 aliphatic rings. The largest absolute Gasteiger partial charge is 0.478 e. The number of hydrogen-bond acceptors (Lipinski definition) is 2. The summed E-state index contributed by atoms with van der Waals surface area (Å²) < 4.78 is 13.2. The molecule has 2 rings (SSSR count). The maximum Gasteiger partial charge on any atom is 0.336 e. The quantitative estimate of drug-likeness (QED) is 0.910. The van der Waals surface area contributed by atoms with Gasteiger partial charge in [0.1, 0.15) is 5.82 Å². The first-order chi connectivity index (χ1) is 8.56. The Bertz CT molecular complexity index is 584. The minimum absolute atomic E-state index is 0.0800. The average Bonchev–Trinajstić information content (AvgIpc) is 2.32. The fourth-order valence-corrected chi connectivity index (χ4v) is 2.48. The SMILES string of the molecule is O=C(O)c1ccc(F)cc1Sc1ccc(Cl)cc1. The third-order valence-corrected chi connectivity index (χ3v) is 3.53. The fourth-order valence-electron chi connectivity index (χ4n) is 1.39. The summed E-state index contributed by atoms with van der Waals surface area (Å²) in [6.45, 7) is 0. The molecule has 2 nitrogen and oxygen atoms in total. The number of halogens is 2. The van der Waals surface area contributed by atoms with Gasteiger partial charge in [-0.25, -0.2) is 9.18 Å². The van der Waals surface area contributed by atoms with Gasteiger partial charge in [0.25, 0.3) is 0 Å². The first-order valence-corrected chi connectivity index (χ1v) is 6.22. The molecule has 0 bridgehead atoms. The molecule has 0 amide bonds. The van der Waals surface area contributed by atoms with E-state index in [-0.39, 0.29) is 5.56 Å². The molecular formula is C13H8ClFO2S. The van der Waals surface area contributed by atoms with Crippen molar-refractivity contribution in [3.8, 4) is 0 Å². The van der Waals surface area contributed by atoms with Crippen molar-refractivity contribution in [2.45, 2.75) is 9.79 Å². The van der Waals surface area contributed by atoms with E-state index in [1.807, 2.05) is 0 Å². The van der Waals surface area contributed by atoms with Crippen molar-refractivity contribution in [3.05, 3.63) is 58.9 Å². The number of hydrogen-bond donors (Lipinski definition) is 1. The fraction of sp³-hybridized carbons (Fsp3) is 0. The lowest BCUT2D eigenvalue weighted by Gasteiger charge is -2.06. The molecule has 18 heavy (non-hydrogen) atoms. The Hall–Kier alpha value is -1.52. The Labute approximate surface area is 112 Å². The highest BCUT2D eigenvalue weighted by atomic mass is 35.5. The molecule has 0 aliphatic heterocycles. The van der Waals surface area contributed by atoms with E-state index < -0.39 is 11.8 Å². The second-order valence-corrected chi connectivity index (χ2v) is 5.05. The zero-order chi connectivity index (χ0) is 13.1. The van der Waals surface area contributed by atoms with Gasteiger partial charge in [-0.2, -0.15) is 0 Å². The van der Waals surface area contributed by atoms with E-state index in [0.29, 0.717) is 9.92 Å². The zero-order valence-electron chi connectivity index (χ0n) is 9.06. The minimum Gasteiger partial charge on any atom is -0.478 e. The molecule has 0 spiro atoms. The van der Waals surface area contributed by atoms with Crippen LogP contribution >= 0.6 is 23.4 Å². The van der Waals surface area contributed by atoms with E-state index >= 15 is 0 Å². The smallest absolute Gasteiger partial charge is 0.336 e. The second-order valence-electron chi connectivity index (χ2n) is 3.50. The summed E-state index contributed by atoms with van der Waals surface area (Å²) in [5.41, 5.74) is 0.0800. The summed E-state index contributed by atoms with van der Waals surface area (Å²) >= 11 is 6.94. The third-order valence-electron chi connectivity index (χ3n) is 2.22. The van der Waals surface area contributed by atoms with Crippen molar-refractivity contribution in [2.75, 3.05) is 0 Å². The van der Waals surface area contributed by atoms with Gasteiger partial charge in [-0.3, -0.25) is 0 Å². The molecule has 0 atom stereocenters. The van der Waals surface area contributed by atoms with Crippen LogP contribution in [0.5, 0.6) is 0 Å². The van der Waals surface area contributed by atoms with Crippen molar-refractivity contribution in [1.29, 1.82) is 0 Å². The number of carbonyl (C=O) groups is 1. The van der Waals surface area contributed by atoms with Crippen LogP contribution in [0, 0.1) is 5.82 Å². The second kappa shape index (κ2) is 5.42. The molecular weight excluding hydrogens is 275 g/mol. The van der Waals surface area contributed by atoms with Gasteiger partial charge in [0.05, 0.1) is 5.56 Å². The topological polar surface area (TPSA) is 37.3 Å². The Balaban J connectivity index is 2.35. The zero-order valence-corrected chi connectivity index (χ0v) is 10.6. The van der Waals surface area contributed by atoms with Crippen molar-refractivity contribution < 1.29 is 14.3 Å². The molecule has 0 unspecified atom stereocenters. The molecule has 2 aromatic carbocycles. The van der Waals surface area contributed by atoms with E-state index in [0.717, 1.165) is 11.0 Å². The molecule has 0 fully saturated rings. The Morgan fingerprint density at radius 2 is 1.83 bits per heavy atom. The molecule has 0 aliphatic carbocycles. The van der Waals surface area contributed by atoms with E-state index in [2.05, 4.69) is 0 Å². The van der Waals surface area contributed by atoms with Crippen LogP contribution in [-0.4, -0.2) is 11.1 Å². The van der Waals surface area contributed by atoms with Crippen LogP contribution in [-0.2, 0) is 0 Å². The van der Waals surface area contributed by atoms with Gasteiger partial charge in [-0.05, 0) is 42.5 Å². The average molecular weight is 283 g/mol. The summed E-state index contributed by atoms with van der Waals surface area (Å²) in [6, 6.07) is 10.5. The summed E-state index contributed by atoms with van der Waals surface area (Å²) in [4.78, 5) is 12.2. The minimum atomic E-state index is -1.08. The summed E-state index contributed by atoms with van der Waals surface area (Å²) in [5, 5.41) is 9.62. The van der Waals surface area contributed by atoms with Crippen LogP contribution in [0.4, 0.5) is 4.39 Å². The number of benzene rings is 2. The Morgan fingerprint density at radius 3 is 2.44 bits per heavy atom. The van der Waals surface area contributed by atoms with E-state index in [1.165, 1.54) is 23.9 Å². The standard InChI is InChI=1S/C13H8ClFO2S/c14-8-1-4-10(5-2-8)18-12-7-9(15)3-6-11(12)13(16)17/h1-7H,(H,16,17). The van der Waals surface area contributed by atoms with Gasteiger partial charge in [-0.1, -0.05) is 23.4 Å². The summed E-state index contributed by atoms with van der Waals surface area (Å²) in [6.07, 6.45) is 0. The van der Waals surface area contributed by atoms with Crippen molar-refractivity contribution >= 4 is 29.3 Å². The normalized spacial score (nSPS) is 10.3. The van der Waals surface area contributed by atoms with Gasteiger partial charge in [-0.15, -0.1) is 0 Å². The highest BCUT2D eigenvalue weighted by Crippen LogP contribution is 2.31. The van der Waals surface area contributed by atoms with E-state index in [4.69, 9.17) is 16.7 Å². The maximum absolute atomic E-state index is 13.2. The first kappa shape index (κ1) is 12.9. The van der Waals surface area contributed by atoms with Crippen LogP contribution < -0.4 is 0 Å². The molecule has 1 N–H and O–H groups in total. The number of aromatic carboxylic acids is 1. The van der Waals surface area contributed by atoms with Gasteiger partial charge in [0.2, 0.25) is 0 Å². The van der Waals surface area contributed by atoms with Gasteiger partial charge in [0.15, 0.2) is 0 Å². The number of rotatable bonds is 3. The molecule has 0 saturated carbocycles. The predicted octanol–water partition coefficient (Wildman–Crippen LogP) is 4.33. The lowest BCUT2D eigenvalue weighted by atomic mass is 10.2. The van der Waals surface area contributed by atoms with Crippen molar-refractivity contribution in [3.63, 3.8) is 0 Å². The Kier molecular flexibility index (Phi) is 3.89. The monoisotopic (exact) mass is 282 g/mol. The summed E-state index contributed by atoms with van der Waals surface area (Å²) in [5.74, 6) is -1.54. The maximum atomic E-state index is 13.2. The van der Waals surface area contributed by atoms with Crippen LogP contribution in [0.15, 0.2) is 52.3 Å². The highest BCUT2D eigenvalue weighted by molar-refractivity contribution is 7.99. The molecule has 0 radical (unpaired) electrons. The van der Waals surface area contributed by atoms with Crippen LogP contribution in [0.1, 0.15) is 10.4 Å². The van der Waals surface area contributed by atoms with Gasteiger partial charge < -0.3 is 5.11 Å². The summed E-state index contributed by atoms with van der Waals surface area (Å²) in [7, 11) is 0. The molecule has 0 aromatic heterocycles. The van der Waals surface area contributed by atoms with Crippen molar-refractivity contribution in [1.82, 2.24) is 0 Å². The van der Waals surface area contributed by atoms with Gasteiger partial charge >= 0.3 is 5.97 Å². The first-order valence-electron chi connectivity index (χ1n) is 5.02. The van der Waals surface area contributed by atoms with E-state index in [9.17, 15) is 9.18 Å². The molecule has 0 saturated heterocycles. The van der Waals surface area contributed by atoms with E-state index in [1.54, 1.807) is 24.3 Å². The van der Waals surface area contributed by atoms with Gasteiger partial charge in [0, 0.05) is 14.8 Å². The molecule has 2 aromatic rings. The predicted molar refractivity (Wildman–Crippen MR) is 68.9 cm³/mol. The molecule has 0 heterocycles. The van der Waals surface area contributed by atoms with Crippen LogP contribution in [0.25, 0.3) is 0 Å². The van der Waals surface area contributed by atoms with Crippen molar-refractivity contribution in [2.24, 2.45) is 0 Å². The lowest BCUT2D eigenvalue weighted by Crippen LogP contribution is -1.99. The third kappa shape index (κ3) is 3.03.